The molecule has 0 saturated carbocycles. The van der Waals surface area contributed by atoms with Crippen molar-refractivity contribution in [3.63, 3.8) is 0 Å². The van der Waals surface area contributed by atoms with Crippen LogP contribution in [-0.4, -0.2) is 41.9 Å². The minimum atomic E-state index is -1.94. The molecule has 4 nitrogen and oxygen atoms in total. The van der Waals surface area contributed by atoms with E-state index in [-0.39, 0.29) is 6.04 Å². The molecule has 0 spiro atoms. The van der Waals surface area contributed by atoms with Crippen LogP contribution in [0.4, 0.5) is 0 Å². The van der Waals surface area contributed by atoms with E-state index in [9.17, 15) is 0 Å². The summed E-state index contributed by atoms with van der Waals surface area (Å²) in [5.41, 5.74) is 6.12. The first-order valence-electron chi connectivity index (χ1n) is 8.04. The number of hydrogen-bond donors (Lipinski definition) is 2. The Morgan fingerprint density at radius 1 is 1.10 bits per heavy atom. The number of unbranched alkanes of at least 4 members (excludes halogenated alkanes) is 3. The van der Waals surface area contributed by atoms with Gasteiger partial charge >= 0.3 is 8.56 Å². The molecular weight excluding hydrogens is 268 g/mol. The van der Waals surface area contributed by atoms with E-state index in [1.807, 2.05) is 0 Å². The zero-order valence-electron chi connectivity index (χ0n) is 14.2. The smallest absolute Gasteiger partial charge is 0.334 e. The first-order chi connectivity index (χ1) is 9.47. The minimum Gasteiger partial charge on any atom is -0.398 e. The van der Waals surface area contributed by atoms with Gasteiger partial charge in [0.1, 0.15) is 0 Å². The average molecular weight is 305 g/mol. The van der Waals surface area contributed by atoms with Crippen LogP contribution in [0.3, 0.4) is 0 Å². The molecule has 2 atom stereocenters. The highest BCUT2D eigenvalue weighted by Gasteiger charge is 2.30. The van der Waals surface area contributed by atoms with Gasteiger partial charge in [-0.15, -0.1) is 0 Å². The third-order valence-corrected chi connectivity index (χ3v) is 7.08. The summed E-state index contributed by atoms with van der Waals surface area (Å²) in [6.07, 6.45) is 6.31. The Bertz CT molecular complexity index is 226. The normalized spacial score (nSPS) is 15.3. The molecule has 3 N–H and O–H groups in total. The summed E-state index contributed by atoms with van der Waals surface area (Å²) >= 11 is 0. The molecule has 0 amide bonds. The lowest BCUT2D eigenvalue weighted by atomic mass is 10.1. The molecule has 0 aromatic heterocycles. The van der Waals surface area contributed by atoms with E-state index in [1.165, 1.54) is 25.7 Å². The quantitative estimate of drug-likeness (QED) is 0.406. The molecule has 0 aliphatic carbocycles. The van der Waals surface area contributed by atoms with Crippen LogP contribution >= 0.6 is 0 Å². The SMILES string of the molecule is CCCCCCC(N)CNCC(C)C[Si](C)(OC)OC. The van der Waals surface area contributed by atoms with Gasteiger partial charge in [-0.1, -0.05) is 39.5 Å². The highest BCUT2D eigenvalue weighted by atomic mass is 28.4. The van der Waals surface area contributed by atoms with Crippen molar-refractivity contribution in [1.82, 2.24) is 5.32 Å². The highest BCUT2D eigenvalue weighted by Crippen LogP contribution is 2.17. The van der Waals surface area contributed by atoms with Gasteiger partial charge in [0.05, 0.1) is 0 Å². The van der Waals surface area contributed by atoms with E-state index in [2.05, 4.69) is 25.7 Å². The minimum absolute atomic E-state index is 0.285. The highest BCUT2D eigenvalue weighted by molar-refractivity contribution is 6.66. The number of hydrogen-bond acceptors (Lipinski definition) is 4. The van der Waals surface area contributed by atoms with Crippen molar-refractivity contribution in [3.05, 3.63) is 0 Å². The van der Waals surface area contributed by atoms with Crippen molar-refractivity contribution >= 4 is 8.56 Å². The van der Waals surface area contributed by atoms with E-state index in [1.54, 1.807) is 14.2 Å². The van der Waals surface area contributed by atoms with Crippen molar-refractivity contribution in [2.24, 2.45) is 11.7 Å². The van der Waals surface area contributed by atoms with Crippen LogP contribution in [0.2, 0.25) is 12.6 Å². The maximum atomic E-state index is 6.12. The molecule has 0 aromatic carbocycles. The summed E-state index contributed by atoms with van der Waals surface area (Å²) in [6, 6.07) is 1.30. The summed E-state index contributed by atoms with van der Waals surface area (Å²) in [5, 5.41) is 3.48. The van der Waals surface area contributed by atoms with Gasteiger partial charge in [0.2, 0.25) is 0 Å². The predicted octanol–water partition coefficient (Wildman–Crippen LogP) is 2.87. The molecule has 0 aliphatic heterocycles. The third-order valence-electron chi connectivity index (χ3n) is 3.91. The summed E-state index contributed by atoms with van der Waals surface area (Å²) in [5.74, 6) is 0.554. The fraction of sp³-hybridized carbons (Fsp3) is 1.00. The van der Waals surface area contributed by atoms with Gasteiger partial charge in [0.25, 0.3) is 0 Å². The second-order valence-corrected chi connectivity index (χ2v) is 9.61. The molecule has 122 valence electrons. The lowest BCUT2D eigenvalue weighted by Gasteiger charge is -2.26. The van der Waals surface area contributed by atoms with E-state index < -0.39 is 8.56 Å². The molecule has 0 bridgehead atoms. The maximum Gasteiger partial charge on any atom is 0.334 e. The summed E-state index contributed by atoms with van der Waals surface area (Å²) in [4.78, 5) is 0. The van der Waals surface area contributed by atoms with Gasteiger partial charge in [0.15, 0.2) is 0 Å². The van der Waals surface area contributed by atoms with E-state index in [0.717, 1.165) is 25.6 Å². The number of nitrogens with two attached hydrogens (primary N) is 1. The molecule has 5 heteroatoms. The van der Waals surface area contributed by atoms with Gasteiger partial charge in [-0.2, -0.15) is 0 Å². The predicted molar refractivity (Wildman–Crippen MR) is 89.2 cm³/mol. The summed E-state index contributed by atoms with van der Waals surface area (Å²) in [7, 11) is 1.57. The Kier molecular flexibility index (Phi) is 11.7. The van der Waals surface area contributed by atoms with Gasteiger partial charge < -0.3 is 19.9 Å². The Balaban J connectivity index is 3.67. The maximum absolute atomic E-state index is 6.12. The fourth-order valence-electron chi connectivity index (χ4n) is 2.41. The lowest BCUT2D eigenvalue weighted by Crippen LogP contribution is -2.41. The van der Waals surface area contributed by atoms with Crippen LogP contribution in [0.15, 0.2) is 0 Å². The summed E-state index contributed by atoms with van der Waals surface area (Å²) < 4.78 is 11.1. The van der Waals surface area contributed by atoms with Crippen LogP contribution in [0, 0.1) is 5.92 Å². The average Bonchev–Trinajstić information content (AvgIpc) is 2.43. The molecule has 20 heavy (non-hydrogen) atoms. The molecular formula is C15H36N2O2Si. The molecule has 2 unspecified atom stereocenters. The van der Waals surface area contributed by atoms with Crippen LogP contribution in [0.25, 0.3) is 0 Å². The van der Waals surface area contributed by atoms with E-state index in [0.29, 0.717) is 5.92 Å². The van der Waals surface area contributed by atoms with Crippen molar-refractivity contribution in [2.75, 3.05) is 27.3 Å². The van der Waals surface area contributed by atoms with Crippen LogP contribution < -0.4 is 11.1 Å². The third kappa shape index (κ3) is 9.88. The first-order valence-corrected chi connectivity index (χ1v) is 10.6. The Morgan fingerprint density at radius 3 is 2.30 bits per heavy atom. The molecule has 0 radical (unpaired) electrons. The van der Waals surface area contributed by atoms with E-state index >= 15 is 0 Å². The Morgan fingerprint density at radius 2 is 1.75 bits per heavy atom. The zero-order valence-corrected chi connectivity index (χ0v) is 15.2. The first kappa shape index (κ1) is 20.1. The zero-order chi connectivity index (χ0) is 15.4. The Hall–Kier alpha value is 0.0569. The topological polar surface area (TPSA) is 56.5 Å². The number of nitrogens with one attached hydrogen (secondary N) is 1. The van der Waals surface area contributed by atoms with Crippen LogP contribution in [0.1, 0.15) is 46.0 Å². The summed E-state index contributed by atoms with van der Waals surface area (Å²) in [6.45, 7) is 8.48. The fourth-order valence-corrected chi connectivity index (χ4v) is 4.32. The largest absolute Gasteiger partial charge is 0.398 e. The molecule has 0 aliphatic rings. The lowest BCUT2D eigenvalue weighted by molar-refractivity contribution is 0.242. The second kappa shape index (κ2) is 11.7. The molecule has 0 heterocycles. The molecule has 0 aromatic rings. The van der Waals surface area contributed by atoms with E-state index in [4.69, 9.17) is 14.6 Å². The standard InChI is InChI=1S/C15H36N2O2Si/c1-6-7-8-9-10-15(16)12-17-11-14(2)13-20(5,18-3)19-4/h14-15,17H,6-13,16H2,1-5H3. The van der Waals surface area contributed by atoms with Crippen LogP contribution in [-0.2, 0) is 8.85 Å². The van der Waals surface area contributed by atoms with Gasteiger partial charge in [-0.25, -0.2) is 0 Å². The molecule has 0 rings (SSSR count). The van der Waals surface area contributed by atoms with Crippen molar-refractivity contribution in [3.8, 4) is 0 Å². The van der Waals surface area contributed by atoms with Gasteiger partial charge in [0, 0.05) is 26.8 Å². The number of rotatable bonds is 13. The Labute approximate surface area is 127 Å². The van der Waals surface area contributed by atoms with Gasteiger partial charge in [-0.3, -0.25) is 0 Å². The second-order valence-electron chi connectivity index (χ2n) is 6.12. The van der Waals surface area contributed by atoms with Crippen molar-refractivity contribution in [1.29, 1.82) is 0 Å². The molecule has 0 saturated heterocycles. The van der Waals surface area contributed by atoms with Crippen molar-refractivity contribution < 1.29 is 8.85 Å². The molecule has 0 fully saturated rings. The monoisotopic (exact) mass is 304 g/mol. The van der Waals surface area contributed by atoms with Crippen LogP contribution in [0.5, 0.6) is 0 Å². The van der Waals surface area contributed by atoms with Gasteiger partial charge in [-0.05, 0) is 31.5 Å². The van der Waals surface area contributed by atoms with Crippen molar-refractivity contribution in [2.45, 2.75) is 64.6 Å².